The highest BCUT2D eigenvalue weighted by Crippen LogP contribution is 2.44. The summed E-state index contributed by atoms with van der Waals surface area (Å²) in [6.07, 6.45) is -1.87. The summed E-state index contributed by atoms with van der Waals surface area (Å²) in [6, 6.07) is 0. The van der Waals surface area contributed by atoms with Gasteiger partial charge in [-0.05, 0) is 12.8 Å². The van der Waals surface area contributed by atoms with Gasteiger partial charge in [-0.1, -0.05) is 0 Å². The molecule has 10 heavy (non-hydrogen) atoms. The first-order valence-corrected chi connectivity index (χ1v) is 3.53. The first kappa shape index (κ1) is 6.25. The minimum absolute atomic E-state index is 0.181. The van der Waals surface area contributed by atoms with E-state index in [1.54, 1.807) is 0 Å². The lowest BCUT2D eigenvalue weighted by molar-refractivity contribution is -0.122. The van der Waals surface area contributed by atoms with E-state index in [2.05, 4.69) is 0 Å². The van der Waals surface area contributed by atoms with Crippen LogP contribution in [0.5, 0.6) is 0 Å². The fourth-order valence-corrected chi connectivity index (χ4v) is 1.99. The molecule has 2 saturated carbocycles. The smallest absolute Gasteiger partial charge is 0.145 e. The number of carbonyl (C=O) groups is 1. The SMILES string of the molecule is O=C1C2CCC1C(F)C2F. The van der Waals surface area contributed by atoms with Crippen LogP contribution in [0.25, 0.3) is 0 Å². The van der Waals surface area contributed by atoms with Crippen molar-refractivity contribution in [2.45, 2.75) is 25.2 Å². The molecule has 2 aliphatic rings. The molecule has 0 aromatic carbocycles. The van der Waals surface area contributed by atoms with Crippen molar-refractivity contribution in [3.05, 3.63) is 0 Å². The Morgan fingerprint density at radius 1 is 1.10 bits per heavy atom. The summed E-state index contributed by atoms with van der Waals surface area (Å²) < 4.78 is 25.3. The predicted octanol–water partition coefficient (Wildman–Crippen LogP) is 1.27. The molecule has 0 amide bonds. The van der Waals surface area contributed by atoms with Crippen LogP contribution in [-0.4, -0.2) is 18.1 Å². The van der Waals surface area contributed by atoms with Crippen LogP contribution in [0.4, 0.5) is 8.78 Å². The van der Waals surface area contributed by atoms with E-state index in [0.29, 0.717) is 12.8 Å². The molecule has 4 atom stereocenters. The zero-order valence-electron chi connectivity index (χ0n) is 5.39. The van der Waals surface area contributed by atoms with E-state index in [-0.39, 0.29) is 5.78 Å². The molecule has 2 bridgehead atoms. The van der Waals surface area contributed by atoms with Crippen LogP contribution in [0.15, 0.2) is 0 Å². The molecule has 0 radical (unpaired) electrons. The Hall–Kier alpha value is -0.470. The molecule has 0 spiro atoms. The number of alkyl halides is 2. The van der Waals surface area contributed by atoms with Crippen LogP contribution in [0.1, 0.15) is 12.8 Å². The fraction of sp³-hybridized carbons (Fsp3) is 0.857. The van der Waals surface area contributed by atoms with E-state index < -0.39 is 24.2 Å². The third-order valence-electron chi connectivity index (χ3n) is 2.59. The van der Waals surface area contributed by atoms with Gasteiger partial charge in [-0.15, -0.1) is 0 Å². The lowest BCUT2D eigenvalue weighted by Gasteiger charge is -2.15. The zero-order valence-corrected chi connectivity index (χ0v) is 5.39. The van der Waals surface area contributed by atoms with Gasteiger partial charge in [0.1, 0.15) is 18.1 Å². The van der Waals surface area contributed by atoms with Crippen molar-refractivity contribution in [1.29, 1.82) is 0 Å². The predicted molar refractivity (Wildman–Crippen MR) is 31.0 cm³/mol. The maximum absolute atomic E-state index is 12.7. The highest BCUT2D eigenvalue weighted by atomic mass is 19.2. The molecular weight excluding hydrogens is 138 g/mol. The number of hydrogen-bond acceptors (Lipinski definition) is 1. The van der Waals surface area contributed by atoms with Crippen molar-refractivity contribution in [2.75, 3.05) is 0 Å². The largest absolute Gasteiger partial charge is 0.299 e. The van der Waals surface area contributed by atoms with Gasteiger partial charge in [0.2, 0.25) is 0 Å². The summed E-state index contributed by atoms with van der Waals surface area (Å²) in [5, 5.41) is 0. The average Bonchev–Trinajstić information content (AvgIpc) is 2.34. The van der Waals surface area contributed by atoms with Gasteiger partial charge in [-0.2, -0.15) is 0 Å². The summed E-state index contributed by atoms with van der Waals surface area (Å²) in [4.78, 5) is 10.9. The highest BCUT2D eigenvalue weighted by Gasteiger charge is 2.55. The van der Waals surface area contributed by atoms with Crippen LogP contribution >= 0.6 is 0 Å². The third-order valence-corrected chi connectivity index (χ3v) is 2.59. The molecule has 0 aromatic heterocycles. The molecular formula is C7H8F2O. The Morgan fingerprint density at radius 2 is 1.50 bits per heavy atom. The normalized spacial score (nSPS) is 52.4. The van der Waals surface area contributed by atoms with Gasteiger partial charge >= 0.3 is 0 Å². The van der Waals surface area contributed by atoms with Crippen LogP contribution in [0, 0.1) is 11.8 Å². The van der Waals surface area contributed by atoms with Gasteiger partial charge in [-0.3, -0.25) is 4.79 Å². The van der Waals surface area contributed by atoms with Gasteiger partial charge in [0.15, 0.2) is 0 Å². The van der Waals surface area contributed by atoms with Gasteiger partial charge in [0.25, 0.3) is 0 Å². The summed E-state index contributed by atoms with van der Waals surface area (Å²) in [5.74, 6) is -1.38. The molecule has 0 heterocycles. The molecule has 0 aliphatic heterocycles. The molecule has 1 nitrogen and oxygen atoms in total. The van der Waals surface area contributed by atoms with E-state index in [9.17, 15) is 13.6 Å². The zero-order chi connectivity index (χ0) is 7.30. The number of hydrogen-bond donors (Lipinski definition) is 0. The van der Waals surface area contributed by atoms with Crippen molar-refractivity contribution < 1.29 is 13.6 Å². The molecule has 3 heteroatoms. The van der Waals surface area contributed by atoms with Crippen molar-refractivity contribution >= 4 is 5.78 Å². The first-order valence-electron chi connectivity index (χ1n) is 3.53. The van der Waals surface area contributed by atoms with E-state index >= 15 is 0 Å². The number of carbonyl (C=O) groups excluding carboxylic acids is 1. The van der Waals surface area contributed by atoms with E-state index in [4.69, 9.17) is 0 Å². The Balaban J connectivity index is 2.29. The van der Waals surface area contributed by atoms with Gasteiger partial charge in [-0.25, -0.2) is 8.78 Å². The van der Waals surface area contributed by atoms with E-state index in [0.717, 1.165) is 0 Å². The topological polar surface area (TPSA) is 17.1 Å². The maximum atomic E-state index is 12.7. The Bertz CT molecular complexity index is 162. The van der Waals surface area contributed by atoms with Crippen LogP contribution in [0.3, 0.4) is 0 Å². The number of fused-ring (bicyclic) bond motifs is 2. The third kappa shape index (κ3) is 0.534. The second-order valence-electron chi connectivity index (χ2n) is 3.08. The maximum Gasteiger partial charge on any atom is 0.145 e. The lowest BCUT2D eigenvalue weighted by atomic mass is 9.97. The summed E-state index contributed by atoms with van der Waals surface area (Å²) in [5.41, 5.74) is 0. The van der Waals surface area contributed by atoms with Crippen molar-refractivity contribution in [3.63, 3.8) is 0 Å². The van der Waals surface area contributed by atoms with E-state index in [1.807, 2.05) is 0 Å². The van der Waals surface area contributed by atoms with E-state index in [1.165, 1.54) is 0 Å². The second-order valence-corrected chi connectivity index (χ2v) is 3.08. The van der Waals surface area contributed by atoms with Crippen LogP contribution in [-0.2, 0) is 4.79 Å². The summed E-state index contributed by atoms with van der Waals surface area (Å²) in [7, 11) is 0. The molecule has 2 fully saturated rings. The Morgan fingerprint density at radius 3 is 1.70 bits per heavy atom. The quantitative estimate of drug-likeness (QED) is 0.503. The minimum atomic E-state index is -1.49. The standard InChI is InChI=1S/C7H8F2O/c8-5-3-1-2-4(6(5)9)7(3)10/h3-6H,1-2H2. The monoisotopic (exact) mass is 146 g/mol. The van der Waals surface area contributed by atoms with Crippen molar-refractivity contribution in [3.8, 4) is 0 Å². The Labute approximate surface area is 57.4 Å². The molecule has 56 valence electrons. The van der Waals surface area contributed by atoms with Crippen LogP contribution < -0.4 is 0 Å². The van der Waals surface area contributed by atoms with Crippen molar-refractivity contribution in [1.82, 2.24) is 0 Å². The van der Waals surface area contributed by atoms with Gasteiger partial charge in [0.05, 0.1) is 11.8 Å². The minimum Gasteiger partial charge on any atom is -0.299 e. The molecule has 0 N–H and O–H groups in total. The Kier molecular flexibility index (Phi) is 1.11. The number of Topliss-reactive ketones (excluding diaryl/α,β-unsaturated/α-hetero) is 1. The molecule has 4 unspecified atom stereocenters. The number of rotatable bonds is 0. The average molecular weight is 146 g/mol. The first-order chi connectivity index (χ1) is 4.72. The van der Waals surface area contributed by atoms with Gasteiger partial charge in [0, 0.05) is 0 Å². The molecule has 2 rings (SSSR count). The lowest BCUT2D eigenvalue weighted by Crippen LogP contribution is -2.24. The fourth-order valence-electron chi connectivity index (χ4n) is 1.99. The summed E-state index contributed by atoms with van der Waals surface area (Å²) in [6.45, 7) is 0. The highest BCUT2D eigenvalue weighted by molar-refractivity contribution is 5.89. The molecule has 2 aliphatic carbocycles. The number of ketones is 1. The molecule has 0 saturated heterocycles. The van der Waals surface area contributed by atoms with Gasteiger partial charge < -0.3 is 0 Å². The van der Waals surface area contributed by atoms with Crippen molar-refractivity contribution in [2.24, 2.45) is 11.8 Å². The number of halogens is 2. The molecule has 0 aromatic rings. The summed E-state index contributed by atoms with van der Waals surface area (Å²) >= 11 is 0. The van der Waals surface area contributed by atoms with Crippen LogP contribution in [0.2, 0.25) is 0 Å². The second kappa shape index (κ2) is 1.77.